The highest BCUT2D eigenvalue weighted by atomic mass is 16.6. The second kappa shape index (κ2) is 7.59. The van der Waals surface area contributed by atoms with Crippen LogP contribution in [0.2, 0.25) is 0 Å². The van der Waals surface area contributed by atoms with Crippen molar-refractivity contribution >= 4 is 17.7 Å². The van der Waals surface area contributed by atoms with E-state index >= 15 is 0 Å². The maximum atomic E-state index is 11.6. The van der Waals surface area contributed by atoms with Gasteiger partial charge in [-0.2, -0.15) is 0 Å². The second-order valence-corrected chi connectivity index (χ2v) is 4.41. The van der Waals surface area contributed by atoms with Crippen molar-refractivity contribution in [2.45, 2.75) is 45.0 Å². The maximum absolute atomic E-state index is 11.6. The van der Waals surface area contributed by atoms with Crippen molar-refractivity contribution in [1.29, 1.82) is 0 Å². The molecule has 1 aliphatic rings. The standard InChI is InChI=1S/C14H18O6/c1-3-4-13(17)20-12-7-5-10(15)11(16)6-8-14(18)19-9(12)2/h3-5,7,9,11-12,16H,6,8H2,1-2H3/b4-3+,7-5+/t9-,11+,12+/m1/s1. The number of rotatable bonds is 2. The van der Waals surface area contributed by atoms with Crippen LogP contribution in [0.5, 0.6) is 0 Å². The van der Waals surface area contributed by atoms with E-state index in [-0.39, 0.29) is 12.8 Å². The molecule has 6 nitrogen and oxygen atoms in total. The van der Waals surface area contributed by atoms with Gasteiger partial charge in [0.2, 0.25) is 0 Å². The van der Waals surface area contributed by atoms with Crippen molar-refractivity contribution in [2.75, 3.05) is 0 Å². The summed E-state index contributed by atoms with van der Waals surface area (Å²) < 4.78 is 10.2. The van der Waals surface area contributed by atoms with Crippen molar-refractivity contribution in [3.05, 3.63) is 24.3 Å². The number of hydrogen-bond acceptors (Lipinski definition) is 6. The van der Waals surface area contributed by atoms with E-state index in [0.29, 0.717) is 0 Å². The van der Waals surface area contributed by atoms with Crippen LogP contribution in [0, 0.1) is 0 Å². The second-order valence-electron chi connectivity index (χ2n) is 4.41. The summed E-state index contributed by atoms with van der Waals surface area (Å²) in [5.74, 6) is -1.68. The Bertz CT molecular complexity index is 437. The summed E-state index contributed by atoms with van der Waals surface area (Å²) >= 11 is 0. The zero-order valence-electron chi connectivity index (χ0n) is 11.4. The molecule has 0 amide bonds. The number of cyclic esters (lactones) is 1. The minimum Gasteiger partial charge on any atom is -0.458 e. The number of carbonyl (C=O) groups is 3. The number of ether oxygens (including phenoxy) is 2. The van der Waals surface area contributed by atoms with Gasteiger partial charge < -0.3 is 14.6 Å². The first kappa shape index (κ1) is 16.1. The molecule has 0 spiro atoms. The van der Waals surface area contributed by atoms with Crippen LogP contribution in [0.3, 0.4) is 0 Å². The van der Waals surface area contributed by atoms with E-state index in [1.807, 2.05) is 0 Å². The largest absolute Gasteiger partial charge is 0.458 e. The van der Waals surface area contributed by atoms with E-state index in [0.717, 1.165) is 6.08 Å². The lowest BCUT2D eigenvalue weighted by Gasteiger charge is -2.22. The highest BCUT2D eigenvalue weighted by Crippen LogP contribution is 2.12. The topological polar surface area (TPSA) is 89.9 Å². The van der Waals surface area contributed by atoms with Gasteiger partial charge in [-0.25, -0.2) is 4.79 Å². The van der Waals surface area contributed by atoms with Gasteiger partial charge >= 0.3 is 11.9 Å². The molecule has 0 unspecified atom stereocenters. The summed E-state index contributed by atoms with van der Waals surface area (Å²) in [7, 11) is 0. The number of ketones is 1. The molecule has 1 N–H and O–H groups in total. The minimum atomic E-state index is -1.25. The molecule has 0 aromatic carbocycles. The number of aliphatic hydroxyl groups excluding tert-OH is 1. The molecule has 0 radical (unpaired) electrons. The molecule has 1 heterocycles. The predicted octanol–water partition coefficient (Wildman–Crippen LogP) is 0.686. The predicted molar refractivity (Wildman–Crippen MR) is 69.6 cm³/mol. The molecule has 0 aromatic heterocycles. The van der Waals surface area contributed by atoms with Gasteiger partial charge in [0.25, 0.3) is 0 Å². The van der Waals surface area contributed by atoms with Crippen molar-refractivity contribution in [2.24, 2.45) is 0 Å². The van der Waals surface area contributed by atoms with Crippen molar-refractivity contribution < 1.29 is 29.0 Å². The SMILES string of the molecule is C/C=C/C(=O)O[C@H]1/C=C/C(=O)[C@@H](O)CCC(=O)O[C@@H]1C. The smallest absolute Gasteiger partial charge is 0.331 e. The average Bonchev–Trinajstić information content (AvgIpc) is 2.39. The van der Waals surface area contributed by atoms with Crippen LogP contribution >= 0.6 is 0 Å². The monoisotopic (exact) mass is 282 g/mol. The van der Waals surface area contributed by atoms with Crippen LogP contribution < -0.4 is 0 Å². The number of aliphatic hydroxyl groups is 1. The normalized spacial score (nSPS) is 29.9. The van der Waals surface area contributed by atoms with Gasteiger partial charge in [0.1, 0.15) is 12.2 Å². The zero-order valence-corrected chi connectivity index (χ0v) is 11.4. The average molecular weight is 282 g/mol. The lowest BCUT2D eigenvalue weighted by atomic mass is 10.1. The van der Waals surface area contributed by atoms with Crippen LogP contribution in [0.1, 0.15) is 26.7 Å². The molecular weight excluding hydrogens is 264 g/mol. The Morgan fingerprint density at radius 1 is 1.50 bits per heavy atom. The molecule has 0 aliphatic carbocycles. The number of carbonyl (C=O) groups excluding carboxylic acids is 3. The lowest BCUT2D eigenvalue weighted by Crippen LogP contribution is -2.33. The molecule has 6 heteroatoms. The molecule has 20 heavy (non-hydrogen) atoms. The summed E-state index contributed by atoms with van der Waals surface area (Å²) in [6.45, 7) is 3.23. The van der Waals surface area contributed by atoms with E-state index in [1.54, 1.807) is 13.8 Å². The van der Waals surface area contributed by atoms with Crippen LogP contribution in [-0.2, 0) is 23.9 Å². The van der Waals surface area contributed by atoms with Crippen LogP contribution in [0.25, 0.3) is 0 Å². The van der Waals surface area contributed by atoms with E-state index < -0.39 is 36.0 Å². The first-order valence-corrected chi connectivity index (χ1v) is 6.37. The Balaban J connectivity index is 2.88. The fraction of sp³-hybridized carbons (Fsp3) is 0.500. The molecular formula is C14H18O6. The molecule has 0 aromatic rings. The van der Waals surface area contributed by atoms with Crippen LogP contribution in [0.15, 0.2) is 24.3 Å². The maximum Gasteiger partial charge on any atom is 0.331 e. The van der Waals surface area contributed by atoms with Gasteiger partial charge in [-0.1, -0.05) is 6.08 Å². The molecule has 0 bridgehead atoms. The Morgan fingerprint density at radius 2 is 2.20 bits per heavy atom. The summed E-state index contributed by atoms with van der Waals surface area (Å²) in [5, 5.41) is 9.51. The van der Waals surface area contributed by atoms with Gasteiger partial charge in [0, 0.05) is 12.5 Å². The quantitative estimate of drug-likeness (QED) is 0.592. The summed E-state index contributed by atoms with van der Waals surface area (Å²) in [5.41, 5.74) is 0. The van der Waals surface area contributed by atoms with Crippen LogP contribution in [-0.4, -0.2) is 41.1 Å². The van der Waals surface area contributed by atoms with Gasteiger partial charge in [-0.15, -0.1) is 0 Å². The highest BCUT2D eigenvalue weighted by molar-refractivity contribution is 5.93. The Hall–Kier alpha value is -1.95. The van der Waals surface area contributed by atoms with Gasteiger partial charge in [-0.3, -0.25) is 9.59 Å². The van der Waals surface area contributed by atoms with E-state index in [2.05, 4.69) is 0 Å². The van der Waals surface area contributed by atoms with Gasteiger partial charge in [0.05, 0.1) is 0 Å². The fourth-order valence-electron chi connectivity index (χ4n) is 1.63. The molecule has 1 rings (SSSR count). The fourth-order valence-corrected chi connectivity index (χ4v) is 1.63. The molecule has 0 saturated heterocycles. The summed E-state index contributed by atoms with van der Waals surface area (Å²) in [6.07, 6.45) is 2.30. The number of allylic oxidation sites excluding steroid dienone is 1. The third-order valence-corrected chi connectivity index (χ3v) is 2.74. The first-order valence-electron chi connectivity index (χ1n) is 6.37. The van der Waals surface area contributed by atoms with Gasteiger partial charge in [0.15, 0.2) is 11.9 Å². The summed E-state index contributed by atoms with van der Waals surface area (Å²) in [6, 6.07) is 0. The Kier molecular flexibility index (Phi) is 6.11. The first-order chi connectivity index (χ1) is 9.43. The number of esters is 2. The zero-order chi connectivity index (χ0) is 15.1. The summed E-state index contributed by atoms with van der Waals surface area (Å²) in [4.78, 5) is 34.5. The van der Waals surface area contributed by atoms with Crippen molar-refractivity contribution in [3.8, 4) is 0 Å². The number of hydrogen-bond donors (Lipinski definition) is 1. The van der Waals surface area contributed by atoms with Crippen molar-refractivity contribution in [3.63, 3.8) is 0 Å². The molecule has 3 atom stereocenters. The molecule has 0 fully saturated rings. The Labute approximate surface area is 117 Å². The van der Waals surface area contributed by atoms with Crippen LogP contribution in [0.4, 0.5) is 0 Å². The highest BCUT2D eigenvalue weighted by Gasteiger charge is 2.25. The molecule has 1 aliphatic heterocycles. The molecule has 0 saturated carbocycles. The van der Waals surface area contributed by atoms with Crippen molar-refractivity contribution in [1.82, 2.24) is 0 Å². The van der Waals surface area contributed by atoms with Gasteiger partial charge in [-0.05, 0) is 32.4 Å². The van der Waals surface area contributed by atoms with E-state index in [9.17, 15) is 19.5 Å². The third kappa shape index (κ3) is 4.97. The minimum absolute atomic E-state index is 0.0117. The molecule has 110 valence electrons. The Morgan fingerprint density at radius 3 is 2.85 bits per heavy atom. The van der Waals surface area contributed by atoms with E-state index in [1.165, 1.54) is 18.2 Å². The third-order valence-electron chi connectivity index (χ3n) is 2.74. The lowest BCUT2D eigenvalue weighted by molar-refractivity contribution is -0.161. The van der Waals surface area contributed by atoms with E-state index in [4.69, 9.17) is 9.47 Å².